The van der Waals surface area contributed by atoms with E-state index in [1.807, 2.05) is 18.2 Å². The molecule has 5 heteroatoms. The zero-order valence-corrected chi connectivity index (χ0v) is 9.92. The maximum atomic E-state index is 13.9. The van der Waals surface area contributed by atoms with Gasteiger partial charge >= 0.3 is 0 Å². The van der Waals surface area contributed by atoms with Crippen LogP contribution in [0.15, 0.2) is 42.7 Å². The predicted octanol–water partition coefficient (Wildman–Crippen LogP) is 2.49. The number of para-hydroxylation sites is 1. The Kier molecular flexibility index (Phi) is 2.69. The van der Waals surface area contributed by atoms with Gasteiger partial charge in [-0.3, -0.25) is 9.67 Å². The first-order valence-electron chi connectivity index (χ1n) is 5.73. The van der Waals surface area contributed by atoms with Crippen molar-refractivity contribution in [3.63, 3.8) is 0 Å². The molecule has 19 heavy (non-hydrogen) atoms. The number of fused-ring (bicyclic) bond motifs is 1. The molecule has 0 aliphatic rings. The Labute approximate surface area is 108 Å². The van der Waals surface area contributed by atoms with Crippen molar-refractivity contribution in [3.05, 3.63) is 59.8 Å². The Morgan fingerprint density at radius 1 is 1.21 bits per heavy atom. The van der Waals surface area contributed by atoms with Crippen molar-refractivity contribution in [2.75, 3.05) is 0 Å². The van der Waals surface area contributed by atoms with E-state index in [-0.39, 0.29) is 11.5 Å². The van der Waals surface area contributed by atoms with Gasteiger partial charge in [-0.25, -0.2) is 4.39 Å². The fourth-order valence-electron chi connectivity index (χ4n) is 2.05. The van der Waals surface area contributed by atoms with Crippen LogP contribution in [0.25, 0.3) is 10.9 Å². The third-order valence-corrected chi connectivity index (χ3v) is 2.91. The third-order valence-electron chi connectivity index (χ3n) is 2.91. The van der Waals surface area contributed by atoms with Gasteiger partial charge in [0.1, 0.15) is 17.4 Å². The van der Waals surface area contributed by atoms with Gasteiger partial charge in [0.15, 0.2) is 5.69 Å². The Morgan fingerprint density at radius 3 is 2.74 bits per heavy atom. The number of rotatable bonds is 2. The molecule has 2 heterocycles. The molecular weight excluding hydrogens is 243 g/mol. The van der Waals surface area contributed by atoms with Crippen molar-refractivity contribution in [2.24, 2.45) is 0 Å². The molecule has 0 saturated carbocycles. The molecule has 0 atom stereocenters. The maximum absolute atomic E-state index is 13.9. The molecule has 0 N–H and O–H groups in total. The summed E-state index contributed by atoms with van der Waals surface area (Å²) in [5, 5.41) is 13.7. The van der Waals surface area contributed by atoms with Crippen LogP contribution in [0.4, 0.5) is 4.39 Å². The summed E-state index contributed by atoms with van der Waals surface area (Å²) in [6, 6.07) is 10.3. The number of aromatic nitrogens is 3. The van der Waals surface area contributed by atoms with Crippen LogP contribution in [0.5, 0.6) is 0 Å². The first-order valence-corrected chi connectivity index (χ1v) is 5.73. The van der Waals surface area contributed by atoms with Crippen molar-refractivity contribution in [1.29, 1.82) is 5.26 Å². The lowest BCUT2D eigenvalue weighted by Gasteiger charge is -2.03. The lowest BCUT2D eigenvalue weighted by molar-refractivity contribution is 0.616. The highest BCUT2D eigenvalue weighted by atomic mass is 19.1. The molecule has 0 amide bonds. The summed E-state index contributed by atoms with van der Waals surface area (Å²) in [4.78, 5) is 3.93. The van der Waals surface area contributed by atoms with Crippen molar-refractivity contribution in [2.45, 2.75) is 6.54 Å². The van der Waals surface area contributed by atoms with E-state index in [0.29, 0.717) is 17.4 Å². The second-order valence-electron chi connectivity index (χ2n) is 4.11. The molecule has 0 spiro atoms. The molecule has 0 radical (unpaired) electrons. The molecule has 0 aliphatic heterocycles. The molecular formula is C14H9FN4. The number of nitriles is 1. The molecule has 0 unspecified atom stereocenters. The third kappa shape index (κ3) is 1.93. The fourth-order valence-corrected chi connectivity index (χ4v) is 2.05. The smallest absolute Gasteiger partial charge is 0.170 e. The van der Waals surface area contributed by atoms with Gasteiger partial charge in [0.2, 0.25) is 0 Å². The molecule has 3 rings (SSSR count). The number of benzene rings is 1. The molecule has 0 saturated heterocycles. The van der Waals surface area contributed by atoms with Crippen LogP contribution in [0, 0.1) is 17.1 Å². The van der Waals surface area contributed by atoms with Gasteiger partial charge in [-0.15, -0.1) is 0 Å². The second-order valence-corrected chi connectivity index (χ2v) is 4.11. The van der Waals surface area contributed by atoms with Gasteiger partial charge in [-0.2, -0.15) is 10.4 Å². The Bertz CT molecular complexity index is 771. The number of halogens is 1. The molecule has 1 aromatic carbocycles. The van der Waals surface area contributed by atoms with Crippen LogP contribution in [0.3, 0.4) is 0 Å². The van der Waals surface area contributed by atoms with E-state index < -0.39 is 0 Å². The molecule has 4 nitrogen and oxygen atoms in total. The van der Waals surface area contributed by atoms with Gasteiger partial charge in [0, 0.05) is 17.8 Å². The standard InChI is InChI=1S/C14H9FN4/c15-12-3-1-2-11-13(8-16)18-19(14(11)12)9-10-4-6-17-7-5-10/h1-7H,9H2. The zero-order chi connectivity index (χ0) is 13.2. The first-order chi connectivity index (χ1) is 9.29. The van der Waals surface area contributed by atoms with Gasteiger partial charge in [-0.1, -0.05) is 6.07 Å². The highest BCUT2D eigenvalue weighted by Gasteiger charge is 2.13. The summed E-state index contributed by atoms with van der Waals surface area (Å²) in [5.74, 6) is -0.374. The molecule has 3 aromatic rings. The van der Waals surface area contributed by atoms with Crippen LogP contribution in [-0.2, 0) is 6.54 Å². The molecule has 2 aromatic heterocycles. The molecule has 0 bridgehead atoms. The second kappa shape index (κ2) is 4.50. The summed E-state index contributed by atoms with van der Waals surface area (Å²) in [6.45, 7) is 0.404. The van der Waals surface area contributed by atoms with Gasteiger partial charge < -0.3 is 0 Å². The van der Waals surface area contributed by atoms with E-state index in [4.69, 9.17) is 5.26 Å². The van der Waals surface area contributed by atoms with E-state index in [0.717, 1.165) is 5.56 Å². The average molecular weight is 252 g/mol. The Balaban J connectivity index is 2.17. The van der Waals surface area contributed by atoms with E-state index in [1.54, 1.807) is 24.5 Å². The first kappa shape index (κ1) is 11.4. The molecule has 92 valence electrons. The lowest BCUT2D eigenvalue weighted by Crippen LogP contribution is -2.03. The highest BCUT2D eigenvalue weighted by molar-refractivity contribution is 5.84. The summed E-state index contributed by atoms with van der Waals surface area (Å²) >= 11 is 0. The largest absolute Gasteiger partial charge is 0.265 e. The van der Waals surface area contributed by atoms with Gasteiger partial charge in [0.05, 0.1) is 6.54 Å². The minimum Gasteiger partial charge on any atom is -0.265 e. The summed E-state index contributed by atoms with van der Waals surface area (Å²) < 4.78 is 15.4. The minimum atomic E-state index is -0.374. The van der Waals surface area contributed by atoms with Crippen LogP contribution in [0.1, 0.15) is 11.3 Å². The summed E-state index contributed by atoms with van der Waals surface area (Å²) in [7, 11) is 0. The normalized spacial score (nSPS) is 10.5. The summed E-state index contributed by atoms with van der Waals surface area (Å²) in [6.07, 6.45) is 3.34. The van der Waals surface area contributed by atoms with Crippen molar-refractivity contribution in [1.82, 2.24) is 14.8 Å². The summed E-state index contributed by atoms with van der Waals surface area (Å²) in [5.41, 5.74) is 1.55. The van der Waals surface area contributed by atoms with E-state index in [9.17, 15) is 4.39 Å². The van der Waals surface area contributed by atoms with Crippen LogP contribution >= 0.6 is 0 Å². The molecule has 0 aliphatic carbocycles. The fraction of sp³-hybridized carbons (Fsp3) is 0.0714. The van der Waals surface area contributed by atoms with E-state index in [2.05, 4.69) is 10.1 Å². The molecule has 0 fully saturated rings. The van der Waals surface area contributed by atoms with Crippen molar-refractivity contribution >= 4 is 10.9 Å². The van der Waals surface area contributed by atoms with Crippen LogP contribution in [-0.4, -0.2) is 14.8 Å². The van der Waals surface area contributed by atoms with Crippen LogP contribution < -0.4 is 0 Å². The average Bonchev–Trinajstić information content (AvgIpc) is 2.79. The SMILES string of the molecule is N#Cc1nn(Cc2ccncc2)c2c(F)cccc12. The van der Waals surface area contributed by atoms with Crippen molar-refractivity contribution < 1.29 is 4.39 Å². The van der Waals surface area contributed by atoms with Crippen LogP contribution in [0.2, 0.25) is 0 Å². The topological polar surface area (TPSA) is 54.5 Å². The Morgan fingerprint density at radius 2 is 2.00 bits per heavy atom. The highest BCUT2D eigenvalue weighted by Crippen LogP contribution is 2.21. The minimum absolute atomic E-state index is 0.239. The van der Waals surface area contributed by atoms with Gasteiger partial charge in [-0.05, 0) is 29.8 Å². The number of nitrogens with zero attached hydrogens (tertiary/aromatic N) is 4. The van der Waals surface area contributed by atoms with E-state index in [1.165, 1.54) is 10.7 Å². The lowest BCUT2D eigenvalue weighted by atomic mass is 10.2. The monoisotopic (exact) mass is 252 g/mol. The van der Waals surface area contributed by atoms with Crippen molar-refractivity contribution in [3.8, 4) is 6.07 Å². The Hall–Kier alpha value is -2.74. The zero-order valence-electron chi connectivity index (χ0n) is 9.92. The quantitative estimate of drug-likeness (QED) is 0.704. The number of pyridine rings is 1. The number of hydrogen-bond donors (Lipinski definition) is 0. The van der Waals surface area contributed by atoms with Gasteiger partial charge in [0.25, 0.3) is 0 Å². The maximum Gasteiger partial charge on any atom is 0.170 e. The van der Waals surface area contributed by atoms with E-state index >= 15 is 0 Å². The number of hydrogen-bond acceptors (Lipinski definition) is 3. The predicted molar refractivity (Wildman–Crippen MR) is 67.7 cm³/mol.